The van der Waals surface area contributed by atoms with Crippen LogP contribution in [0.3, 0.4) is 0 Å². The number of hydrogen-bond donors (Lipinski definition) is 2. The van der Waals surface area contributed by atoms with E-state index in [1.54, 1.807) is 48.5 Å². The standard InChI is InChI=1S/C25H19BrFN3O5/c1-34-21-12-16(26)10-15(23(21)35-14-22(31)28-18-7-5-6-17(27)13-18)11-20-24(32)29-30(25(20)33)19-8-3-2-4-9-19/h2-13H,14H2,1H3,(H,28,31)(H,29,32)/b20-11+. The molecule has 0 unspecified atom stereocenters. The van der Waals surface area contributed by atoms with Crippen LogP contribution in [-0.4, -0.2) is 31.4 Å². The molecule has 0 saturated carbocycles. The highest BCUT2D eigenvalue weighted by atomic mass is 79.9. The van der Waals surface area contributed by atoms with Crippen LogP contribution >= 0.6 is 15.9 Å². The molecule has 0 spiro atoms. The molecule has 3 aromatic rings. The fourth-order valence-corrected chi connectivity index (χ4v) is 3.83. The number of anilines is 2. The second-order valence-electron chi connectivity index (χ2n) is 7.35. The van der Waals surface area contributed by atoms with Crippen LogP contribution in [0.1, 0.15) is 5.56 Å². The highest BCUT2D eigenvalue weighted by Crippen LogP contribution is 2.37. The fourth-order valence-electron chi connectivity index (χ4n) is 3.37. The van der Waals surface area contributed by atoms with Crippen LogP contribution in [0.5, 0.6) is 11.5 Å². The van der Waals surface area contributed by atoms with Crippen molar-refractivity contribution in [3.8, 4) is 11.5 Å². The Morgan fingerprint density at radius 2 is 1.89 bits per heavy atom. The SMILES string of the molecule is COc1cc(Br)cc(/C=C2\C(=O)NN(c3ccccc3)C2=O)c1OCC(=O)Nc1cccc(F)c1. The minimum atomic E-state index is -0.590. The van der Waals surface area contributed by atoms with E-state index in [1.165, 1.54) is 31.4 Å². The van der Waals surface area contributed by atoms with Crippen LogP contribution in [0.4, 0.5) is 15.8 Å². The van der Waals surface area contributed by atoms with Crippen molar-refractivity contribution in [2.45, 2.75) is 0 Å². The molecule has 0 atom stereocenters. The van der Waals surface area contributed by atoms with Crippen LogP contribution in [0.15, 0.2) is 76.8 Å². The summed E-state index contributed by atoms with van der Waals surface area (Å²) >= 11 is 3.37. The third-order valence-corrected chi connectivity index (χ3v) is 5.39. The minimum absolute atomic E-state index is 0.122. The van der Waals surface area contributed by atoms with Crippen molar-refractivity contribution >= 4 is 51.1 Å². The zero-order chi connectivity index (χ0) is 24.9. The van der Waals surface area contributed by atoms with Gasteiger partial charge in [-0.25, -0.2) is 9.40 Å². The number of nitrogens with one attached hydrogen (secondary N) is 2. The monoisotopic (exact) mass is 539 g/mol. The molecular weight excluding hydrogens is 521 g/mol. The van der Waals surface area contributed by atoms with E-state index in [-0.39, 0.29) is 22.8 Å². The largest absolute Gasteiger partial charge is 0.493 e. The van der Waals surface area contributed by atoms with E-state index >= 15 is 0 Å². The molecule has 1 heterocycles. The number of rotatable bonds is 7. The maximum absolute atomic E-state index is 13.4. The summed E-state index contributed by atoms with van der Waals surface area (Å²) in [5.41, 5.74) is 3.53. The van der Waals surface area contributed by atoms with Gasteiger partial charge >= 0.3 is 0 Å². The van der Waals surface area contributed by atoms with Crippen molar-refractivity contribution < 1.29 is 28.2 Å². The zero-order valence-corrected chi connectivity index (χ0v) is 20.0. The molecule has 0 radical (unpaired) electrons. The predicted molar refractivity (Wildman–Crippen MR) is 131 cm³/mol. The molecule has 10 heteroatoms. The molecule has 178 valence electrons. The van der Waals surface area contributed by atoms with Crippen LogP contribution in [0.25, 0.3) is 6.08 Å². The van der Waals surface area contributed by atoms with Gasteiger partial charge in [0.25, 0.3) is 17.7 Å². The second-order valence-corrected chi connectivity index (χ2v) is 8.26. The quantitative estimate of drug-likeness (QED) is 0.348. The number of hydrazine groups is 1. The van der Waals surface area contributed by atoms with Gasteiger partial charge in [-0.05, 0) is 48.5 Å². The summed E-state index contributed by atoms with van der Waals surface area (Å²) in [6.07, 6.45) is 1.37. The molecule has 8 nitrogen and oxygen atoms in total. The molecule has 1 fully saturated rings. The highest BCUT2D eigenvalue weighted by molar-refractivity contribution is 9.10. The normalized spacial score (nSPS) is 14.1. The van der Waals surface area contributed by atoms with Crippen molar-refractivity contribution in [2.75, 3.05) is 24.0 Å². The Kier molecular flexibility index (Phi) is 7.11. The summed E-state index contributed by atoms with van der Waals surface area (Å²) in [5.74, 6) is -1.74. The highest BCUT2D eigenvalue weighted by Gasteiger charge is 2.34. The summed E-state index contributed by atoms with van der Waals surface area (Å²) in [6, 6.07) is 17.4. The molecule has 1 aliphatic rings. The van der Waals surface area contributed by atoms with E-state index in [2.05, 4.69) is 26.7 Å². The lowest BCUT2D eigenvalue weighted by Gasteiger charge is -2.15. The number of carbonyl (C=O) groups excluding carboxylic acids is 3. The summed E-state index contributed by atoms with van der Waals surface area (Å²) in [4.78, 5) is 37.9. The van der Waals surface area contributed by atoms with Gasteiger partial charge in [0.15, 0.2) is 18.1 Å². The van der Waals surface area contributed by atoms with Gasteiger partial charge in [-0.2, -0.15) is 0 Å². The summed E-state index contributed by atoms with van der Waals surface area (Å²) in [7, 11) is 1.42. The fraction of sp³-hybridized carbons (Fsp3) is 0.0800. The van der Waals surface area contributed by atoms with E-state index in [0.717, 1.165) is 5.01 Å². The molecule has 2 N–H and O–H groups in total. The van der Waals surface area contributed by atoms with Crippen LogP contribution in [0, 0.1) is 5.82 Å². The lowest BCUT2D eigenvalue weighted by atomic mass is 10.1. The lowest BCUT2D eigenvalue weighted by molar-refractivity contribution is -0.118. The molecule has 3 amide bonds. The molecule has 3 aromatic carbocycles. The first-order valence-corrected chi connectivity index (χ1v) is 11.1. The van der Waals surface area contributed by atoms with Gasteiger partial charge in [0, 0.05) is 15.7 Å². The Morgan fingerprint density at radius 1 is 1.11 bits per heavy atom. The first kappa shape index (κ1) is 24.0. The Morgan fingerprint density at radius 3 is 2.60 bits per heavy atom. The number of ether oxygens (including phenoxy) is 2. The Bertz CT molecular complexity index is 1330. The van der Waals surface area contributed by atoms with E-state index in [9.17, 15) is 18.8 Å². The molecular formula is C25H19BrFN3O5. The van der Waals surface area contributed by atoms with Crippen LogP contribution in [-0.2, 0) is 14.4 Å². The smallest absolute Gasteiger partial charge is 0.282 e. The number of benzene rings is 3. The maximum Gasteiger partial charge on any atom is 0.282 e. The van der Waals surface area contributed by atoms with E-state index in [0.29, 0.717) is 15.7 Å². The van der Waals surface area contributed by atoms with Gasteiger partial charge < -0.3 is 14.8 Å². The van der Waals surface area contributed by atoms with Crippen molar-refractivity contribution in [3.63, 3.8) is 0 Å². The number of amides is 3. The lowest BCUT2D eigenvalue weighted by Crippen LogP contribution is -2.35. The van der Waals surface area contributed by atoms with Crippen molar-refractivity contribution in [3.05, 3.63) is 88.2 Å². The average Bonchev–Trinajstić information content (AvgIpc) is 3.12. The number of hydrogen-bond acceptors (Lipinski definition) is 5. The topological polar surface area (TPSA) is 97.0 Å². The summed E-state index contributed by atoms with van der Waals surface area (Å²) < 4.78 is 25.1. The van der Waals surface area contributed by atoms with Gasteiger partial charge in [0.2, 0.25) is 0 Å². The third-order valence-electron chi connectivity index (χ3n) is 4.93. The van der Waals surface area contributed by atoms with E-state index in [4.69, 9.17) is 9.47 Å². The molecule has 1 aliphatic heterocycles. The van der Waals surface area contributed by atoms with Gasteiger partial charge in [-0.3, -0.25) is 19.8 Å². The third kappa shape index (κ3) is 5.49. The van der Waals surface area contributed by atoms with Crippen molar-refractivity contribution in [1.82, 2.24) is 5.43 Å². The Hall–Kier alpha value is -4.18. The summed E-state index contributed by atoms with van der Waals surface area (Å²) in [5, 5.41) is 3.69. The van der Waals surface area contributed by atoms with Crippen LogP contribution < -0.4 is 25.2 Å². The van der Waals surface area contributed by atoms with Gasteiger partial charge in [-0.15, -0.1) is 0 Å². The first-order valence-electron chi connectivity index (χ1n) is 10.3. The molecule has 0 bridgehead atoms. The number of para-hydroxylation sites is 1. The van der Waals surface area contributed by atoms with E-state index < -0.39 is 30.1 Å². The van der Waals surface area contributed by atoms with Gasteiger partial charge in [0.05, 0.1) is 12.8 Å². The number of nitrogens with zero attached hydrogens (tertiary/aromatic N) is 1. The summed E-state index contributed by atoms with van der Waals surface area (Å²) in [6.45, 7) is -0.430. The molecule has 0 aliphatic carbocycles. The van der Waals surface area contributed by atoms with E-state index in [1.807, 2.05) is 0 Å². The molecule has 1 saturated heterocycles. The van der Waals surface area contributed by atoms with Crippen LogP contribution in [0.2, 0.25) is 0 Å². The maximum atomic E-state index is 13.4. The molecule has 35 heavy (non-hydrogen) atoms. The van der Waals surface area contributed by atoms with Gasteiger partial charge in [-0.1, -0.05) is 40.2 Å². The first-order chi connectivity index (χ1) is 16.9. The zero-order valence-electron chi connectivity index (χ0n) is 18.4. The number of methoxy groups -OCH3 is 1. The van der Waals surface area contributed by atoms with Crippen molar-refractivity contribution in [1.29, 1.82) is 0 Å². The Labute approximate surface area is 208 Å². The molecule has 4 rings (SSSR count). The number of carbonyl (C=O) groups is 3. The number of halogens is 2. The minimum Gasteiger partial charge on any atom is -0.493 e. The second kappa shape index (κ2) is 10.4. The average molecular weight is 540 g/mol. The van der Waals surface area contributed by atoms with Crippen molar-refractivity contribution in [2.24, 2.45) is 0 Å². The Balaban J connectivity index is 1.60. The molecule has 0 aromatic heterocycles. The predicted octanol–water partition coefficient (Wildman–Crippen LogP) is 4.08. The van der Waals surface area contributed by atoms with Gasteiger partial charge in [0.1, 0.15) is 11.4 Å².